The normalized spacial score (nSPS) is 20.9. The van der Waals surface area contributed by atoms with Crippen molar-refractivity contribution in [2.24, 2.45) is 0 Å². The van der Waals surface area contributed by atoms with E-state index in [4.69, 9.17) is 4.74 Å². The maximum Gasteiger partial charge on any atom is 0.202 e. The van der Waals surface area contributed by atoms with Crippen LogP contribution in [-0.2, 0) is 10.2 Å². The molecular formula is C13H23N3OS. The largest absolute Gasteiger partial charge is 0.378 e. The summed E-state index contributed by atoms with van der Waals surface area (Å²) in [6.07, 6.45) is 5.21. The third-order valence-corrected chi connectivity index (χ3v) is 3.79. The zero-order valence-corrected chi connectivity index (χ0v) is 12.3. The maximum atomic E-state index is 5.70. The molecule has 0 saturated carbocycles. The summed E-state index contributed by atoms with van der Waals surface area (Å²) in [7, 11) is 0. The molecule has 0 aliphatic carbocycles. The van der Waals surface area contributed by atoms with E-state index < -0.39 is 0 Å². The van der Waals surface area contributed by atoms with E-state index in [1.54, 1.807) is 0 Å². The molecule has 0 aromatic carbocycles. The van der Waals surface area contributed by atoms with Gasteiger partial charge in [-0.05, 0) is 25.7 Å². The second-order valence-electron chi connectivity index (χ2n) is 5.88. The molecule has 0 radical (unpaired) electrons. The fraction of sp³-hybridized carbons (Fsp3) is 0.846. The van der Waals surface area contributed by atoms with E-state index in [1.807, 2.05) is 0 Å². The first-order valence-electron chi connectivity index (χ1n) is 6.75. The van der Waals surface area contributed by atoms with Crippen molar-refractivity contribution >= 4 is 16.7 Å². The van der Waals surface area contributed by atoms with Crippen LogP contribution in [0.1, 0.15) is 52.3 Å². The summed E-state index contributed by atoms with van der Waals surface area (Å²) >= 11 is 1.45. The van der Waals surface area contributed by atoms with Crippen LogP contribution >= 0.6 is 11.5 Å². The molecule has 1 N–H and O–H groups in total. The van der Waals surface area contributed by atoms with Crippen LogP contribution in [0.3, 0.4) is 0 Å². The standard InChI is InChI=1S/C13H23N3OS/c1-13(2,3)11-15-12(18-16-11)14-8-7-10-6-4-5-9-17-10/h10H,4-9H2,1-3H3,(H,14,15,16). The van der Waals surface area contributed by atoms with E-state index >= 15 is 0 Å². The highest BCUT2D eigenvalue weighted by atomic mass is 32.1. The van der Waals surface area contributed by atoms with Crippen LogP contribution < -0.4 is 5.32 Å². The molecule has 1 aromatic heterocycles. The molecule has 1 saturated heterocycles. The van der Waals surface area contributed by atoms with Gasteiger partial charge in [0.1, 0.15) is 5.82 Å². The van der Waals surface area contributed by atoms with Gasteiger partial charge in [-0.25, -0.2) is 4.98 Å². The molecule has 1 unspecified atom stereocenters. The van der Waals surface area contributed by atoms with Crippen molar-refractivity contribution in [3.63, 3.8) is 0 Å². The Hall–Kier alpha value is -0.680. The van der Waals surface area contributed by atoms with Gasteiger partial charge in [0.15, 0.2) is 0 Å². The molecule has 1 aliphatic heterocycles. The van der Waals surface area contributed by atoms with Crippen molar-refractivity contribution in [2.75, 3.05) is 18.5 Å². The number of nitrogens with zero attached hydrogens (tertiary/aromatic N) is 2. The predicted molar refractivity (Wildman–Crippen MR) is 75.3 cm³/mol. The Morgan fingerprint density at radius 1 is 1.39 bits per heavy atom. The fourth-order valence-corrected chi connectivity index (χ4v) is 2.76. The summed E-state index contributed by atoms with van der Waals surface area (Å²) in [4.78, 5) is 4.52. The van der Waals surface area contributed by atoms with Crippen molar-refractivity contribution in [3.8, 4) is 0 Å². The number of anilines is 1. The van der Waals surface area contributed by atoms with Gasteiger partial charge in [0.25, 0.3) is 0 Å². The summed E-state index contributed by atoms with van der Waals surface area (Å²) in [5.41, 5.74) is 0.0307. The smallest absolute Gasteiger partial charge is 0.202 e. The molecular weight excluding hydrogens is 246 g/mol. The number of nitrogens with one attached hydrogen (secondary N) is 1. The molecule has 1 fully saturated rings. The highest BCUT2D eigenvalue weighted by Gasteiger charge is 2.19. The Morgan fingerprint density at radius 3 is 2.83 bits per heavy atom. The van der Waals surface area contributed by atoms with Crippen molar-refractivity contribution in [2.45, 2.75) is 58.0 Å². The van der Waals surface area contributed by atoms with E-state index in [1.165, 1.54) is 30.8 Å². The van der Waals surface area contributed by atoms with Gasteiger partial charge >= 0.3 is 0 Å². The second-order valence-corrected chi connectivity index (χ2v) is 6.63. The highest BCUT2D eigenvalue weighted by Crippen LogP contribution is 2.23. The van der Waals surface area contributed by atoms with Crippen molar-refractivity contribution in [1.29, 1.82) is 0 Å². The maximum absolute atomic E-state index is 5.70. The molecule has 4 nitrogen and oxygen atoms in total. The highest BCUT2D eigenvalue weighted by molar-refractivity contribution is 7.09. The minimum absolute atomic E-state index is 0.0307. The van der Waals surface area contributed by atoms with Gasteiger partial charge in [-0.2, -0.15) is 4.37 Å². The molecule has 0 amide bonds. The lowest BCUT2D eigenvalue weighted by Crippen LogP contribution is -2.22. The van der Waals surface area contributed by atoms with E-state index in [0.29, 0.717) is 6.10 Å². The number of hydrogen-bond donors (Lipinski definition) is 1. The molecule has 0 spiro atoms. The first-order chi connectivity index (χ1) is 8.55. The number of aromatic nitrogens is 2. The average molecular weight is 269 g/mol. The number of hydrogen-bond acceptors (Lipinski definition) is 5. The van der Waals surface area contributed by atoms with Crippen molar-refractivity contribution < 1.29 is 4.74 Å². The van der Waals surface area contributed by atoms with Gasteiger partial charge in [-0.3, -0.25) is 0 Å². The molecule has 18 heavy (non-hydrogen) atoms. The van der Waals surface area contributed by atoms with E-state index in [-0.39, 0.29) is 5.41 Å². The average Bonchev–Trinajstić information content (AvgIpc) is 2.79. The van der Waals surface area contributed by atoms with Crippen LogP contribution in [0.5, 0.6) is 0 Å². The minimum Gasteiger partial charge on any atom is -0.378 e. The van der Waals surface area contributed by atoms with Gasteiger partial charge in [0.05, 0.1) is 6.10 Å². The van der Waals surface area contributed by atoms with Gasteiger partial charge in [0.2, 0.25) is 5.13 Å². The van der Waals surface area contributed by atoms with Crippen LogP contribution in [0.25, 0.3) is 0 Å². The van der Waals surface area contributed by atoms with E-state index in [9.17, 15) is 0 Å². The number of ether oxygens (including phenoxy) is 1. The first kappa shape index (κ1) is 13.7. The SMILES string of the molecule is CC(C)(C)c1nsc(NCCC2CCCCO2)n1. The lowest BCUT2D eigenvalue weighted by Gasteiger charge is -2.22. The summed E-state index contributed by atoms with van der Waals surface area (Å²) in [6.45, 7) is 8.25. The fourth-order valence-electron chi connectivity index (χ4n) is 1.98. The molecule has 5 heteroatoms. The predicted octanol–water partition coefficient (Wildman–Crippen LogP) is 3.21. The molecule has 1 atom stereocenters. The Balaban J connectivity index is 1.74. The second kappa shape index (κ2) is 5.97. The molecule has 1 aliphatic rings. The zero-order valence-electron chi connectivity index (χ0n) is 11.5. The van der Waals surface area contributed by atoms with E-state index in [0.717, 1.165) is 30.5 Å². The van der Waals surface area contributed by atoms with Gasteiger partial charge < -0.3 is 10.1 Å². The van der Waals surface area contributed by atoms with Crippen LogP contribution in [0.2, 0.25) is 0 Å². The van der Waals surface area contributed by atoms with Crippen LogP contribution in [-0.4, -0.2) is 28.6 Å². The Kier molecular flexibility index (Phi) is 4.56. The van der Waals surface area contributed by atoms with Gasteiger partial charge in [-0.1, -0.05) is 20.8 Å². The minimum atomic E-state index is 0.0307. The van der Waals surface area contributed by atoms with Gasteiger partial charge in [-0.15, -0.1) is 0 Å². The summed E-state index contributed by atoms with van der Waals surface area (Å²) < 4.78 is 10.1. The van der Waals surface area contributed by atoms with Gasteiger partial charge in [0, 0.05) is 30.1 Å². The van der Waals surface area contributed by atoms with Crippen LogP contribution in [0.4, 0.5) is 5.13 Å². The van der Waals surface area contributed by atoms with Crippen molar-refractivity contribution in [3.05, 3.63) is 5.82 Å². The number of rotatable bonds is 4. The van der Waals surface area contributed by atoms with Crippen LogP contribution in [0.15, 0.2) is 0 Å². The summed E-state index contributed by atoms with van der Waals surface area (Å²) in [5, 5.41) is 4.28. The lowest BCUT2D eigenvalue weighted by molar-refractivity contribution is 0.0134. The van der Waals surface area contributed by atoms with E-state index in [2.05, 4.69) is 35.4 Å². The monoisotopic (exact) mass is 269 g/mol. The molecule has 102 valence electrons. The Bertz CT molecular complexity index is 367. The Labute approximate surface area is 113 Å². The lowest BCUT2D eigenvalue weighted by atomic mass is 9.96. The third-order valence-electron chi connectivity index (χ3n) is 3.11. The molecule has 1 aromatic rings. The third kappa shape index (κ3) is 3.92. The zero-order chi connectivity index (χ0) is 13.0. The summed E-state index contributed by atoms with van der Waals surface area (Å²) in [6, 6.07) is 0. The molecule has 2 heterocycles. The van der Waals surface area contributed by atoms with Crippen LogP contribution in [0, 0.1) is 0 Å². The quantitative estimate of drug-likeness (QED) is 0.911. The summed E-state index contributed by atoms with van der Waals surface area (Å²) in [5.74, 6) is 0.920. The topological polar surface area (TPSA) is 47.0 Å². The van der Waals surface area contributed by atoms with Crippen molar-refractivity contribution in [1.82, 2.24) is 9.36 Å². The first-order valence-corrected chi connectivity index (χ1v) is 7.53. The molecule has 2 rings (SSSR count). The Morgan fingerprint density at radius 2 is 2.22 bits per heavy atom. The molecule has 0 bridgehead atoms.